The standard InChI is InChI=1S/C7H9BrN2O2/c1-3-10-6(7(11)12)5(8)4(2)9-10/h3H2,1-2H3,(H,11,12). The van der Waals surface area contributed by atoms with Crippen LogP contribution < -0.4 is 0 Å². The Balaban J connectivity index is 3.31. The summed E-state index contributed by atoms with van der Waals surface area (Å²) in [5.41, 5.74) is 0.921. The number of aromatic carboxylic acids is 1. The van der Waals surface area contributed by atoms with Crippen LogP contribution >= 0.6 is 15.9 Å². The second-order valence-electron chi connectivity index (χ2n) is 2.37. The van der Waals surface area contributed by atoms with Gasteiger partial charge in [0.25, 0.3) is 0 Å². The Bertz CT molecular complexity index is 319. The van der Waals surface area contributed by atoms with Gasteiger partial charge in [-0.15, -0.1) is 0 Å². The normalized spacial score (nSPS) is 10.2. The van der Waals surface area contributed by atoms with E-state index >= 15 is 0 Å². The monoisotopic (exact) mass is 232 g/mol. The Hall–Kier alpha value is -0.840. The van der Waals surface area contributed by atoms with Gasteiger partial charge in [0.05, 0.1) is 10.2 Å². The molecule has 0 radical (unpaired) electrons. The van der Waals surface area contributed by atoms with Crippen LogP contribution in [0.2, 0.25) is 0 Å². The maximum Gasteiger partial charge on any atom is 0.355 e. The number of rotatable bonds is 2. The van der Waals surface area contributed by atoms with E-state index in [0.29, 0.717) is 16.7 Å². The van der Waals surface area contributed by atoms with E-state index in [1.807, 2.05) is 6.92 Å². The molecule has 0 aliphatic heterocycles. The highest BCUT2D eigenvalue weighted by Crippen LogP contribution is 2.20. The van der Waals surface area contributed by atoms with E-state index < -0.39 is 5.97 Å². The first-order valence-corrected chi connectivity index (χ1v) is 4.33. The number of nitrogens with zero attached hydrogens (tertiary/aromatic N) is 2. The molecule has 1 rings (SSSR count). The van der Waals surface area contributed by atoms with Crippen molar-refractivity contribution in [2.45, 2.75) is 20.4 Å². The molecule has 0 aromatic carbocycles. The van der Waals surface area contributed by atoms with Crippen LogP contribution in [0.5, 0.6) is 0 Å². The summed E-state index contributed by atoms with van der Waals surface area (Å²) in [5, 5.41) is 12.8. The zero-order valence-electron chi connectivity index (χ0n) is 6.83. The summed E-state index contributed by atoms with van der Waals surface area (Å²) >= 11 is 3.18. The molecule has 1 N–H and O–H groups in total. The molecule has 1 aromatic rings. The Morgan fingerprint density at radius 2 is 2.33 bits per heavy atom. The number of halogens is 1. The van der Waals surface area contributed by atoms with E-state index in [1.165, 1.54) is 4.68 Å². The molecule has 0 amide bonds. The van der Waals surface area contributed by atoms with Gasteiger partial charge in [-0.3, -0.25) is 4.68 Å². The molecule has 0 fully saturated rings. The minimum absolute atomic E-state index is 0.218. The average molecular weight is 233 g/mol. The fraction of sp³-hybridized carbons (Fsp3) is 0.429. The van der Waals surface area contributed by atoms with Gasteiger partial charge in [0.2, 0.25) is 0 Å². The summed E-state index contributed by atoms with van der Waals surface area (Å²) in [5.74, 6) is -0.954. The molecule has 0 saturated heterocycles. The second-order valence-corrected chi connectivity index (χ2v) is 3.16. The Morgan fingerprint density at radius 1 is 1.75 bits per heavy atom. The third-order valence-corrected chi connectivity index (χ3v) is 2.51. The summed E-state index contributed by atoms with van der Waals surface area (Å²) in [6.45, 7) is 4.18. The second kappa shape index (κ2) is 3.26. The first kappa shape index (κ1) is 9.25. The molecule has 66 valence electrons. The van der Waals surface area contributed by atoms with Gasteiger partial charge < -0.3 is 5.11 Å². The van der Waals surface area contributed by atoms with Crippen LogP contribution in [0.1, 0.15) is 23.1 Å². The van der Waals surface area contributed by atoms with Crippen molar-refractivity contribution in [3.63, 3.8) is 0 Å². The number of carboxylic acid groups (broad SMARTS) is 1. The van der Waals surface area contributed by atoms with E-state index in [2.05, 4.69) is 21.0 Å². The van der Waals surface area contributed by atoms with Crippen LogP contribution in [-0.2, 0) is 6.54 Å². The predicted octanol–water partition coefficient (Wildman–Crippen LogP) is 1.67. The molecular weight excluding hydrogens is 224 g/mol. The van der Waals surface area contributed by atoms with Crippen LogP contribution in [-0.4, -0.2) is 20.9 Å². The van der Waals surface area contributed by atoms with Gasteiger partial charge in [-0.05, 0) is 29.8 Å². The van der Waals surface area contributed by atoms with Crippen LogP contribution in [0.25, 0.3) is 0 Å². The quantitative estimate of drug-likeness (QED) is 0.845. The number of aromatic nitrogens is 2. The van der Waals surface area contributed by atoms with Gasteiger partial charge in [0.15, 0.2) is 5.69 Å². The largest absolute Gasteiger partial charge is 0.476 e. The molecule has 0 saturated carbocycles. The average Bonchev–Trinajstić information content (AvgIpc) is 2.28. The Labute approximate surface area is 78.3 Å². The topological polar surface area (TPSA) is 55.1 Å². The molecule has 0 bridgehead atoms. The fourth-order valence-electron chi connectivity index (χ4n) is 0.993. The first-order chi connectivity index (χ1) is 5.57. The van der Waals surface area contributed by atoms with E-state index in [9.17, 15) is 4.79 Å². The highest BCUT2D eigenvalue weighted by molar-refractivity contribution is 9.10. The Kier molecular flexibility index (Phi) is 2.52. The van der Waals surface area contributed by atoms with Gasteiger partial charge in [-0.25, -0.2) is 4.79 Å². The van der Waals surface area contributed by atoms with Crippen molar-refractivity contribution in [2.24, 2.45) is 0 Å². The lowest BCUT2D eigenvalue weighted by Gasteiger charge is -1.98. The lowest BCUT2D eigenvalue weighted by molar-refractivity contribution is 0.0682. The third kappa shape index (κ3) is 1.36. The number of carboxylic acids is 1. The number of hydrogen-bond donors (Lipinski definition) is 1. The smallest absolute Gasteiger partial charge is 0.355 e. The zero-order valence-corrected chi connectivity index (χ0v) is 8.42. The van der Waals surface area contributed by atoms with E-state index in [0.717, 1.165) is 0 Å². The van der Waals surface area contributed by atoms with Crippen molar-refractivity contribution in [3.05, 3.63) is 15.9 Å². The molecule has 1 aromatic heterocycles. The minimum atomic E-state index is -0.954. The third-order valence-electron chi connectivity index (χ3n) is 1.56. The molecule has 4 nitrogen and oxygen atoms in total. The van der Waals surface area contributed by atoms with Crippen molar-refractivity contribution in [2.75, 3.05) is 0 Å². The summed E-state index contributed by atoms with van der Waals surface area (Å²) in [4.78, 5) is 10.7. The summed E-state index contributed by atoms with van der Waals surface area (Å²) in [6.07, 6.45) is 0. The first-order valence-electron chi connectivity index (χ1n) is 3.54. The maximum atomic E-state index is 10.7. The predicted molar refractivity (Wildman–Crippen MR) is 47.3 cm³/mol. The molecule has 0 aliphatic rings. The summed E-state index contributed by atoms with van der Waals surface area (Å²) < 4.78 is 2.03. The minimum Gasteiger partial charge on any atom is -0.476 e. The molecule has 0 unspecified atom stereocenters. The van der Waals surface area contributed by atoms with Crippen molar-refractivity contribution in [1.82, 2.24) is 9.78 Å². The molecule has 0 spiro atoms. The highest BCUT2D eigenvalue weighted by atomic mass is 79.9. The molecule has 5 heteroatoms. The number of aryl methyl sites for hydroxylation is 2. The van der Waals surface area contributed by atoms with E-state index in [1.54, 1.807) is 6.92 Å². The summed E-state index contributed by atoms with van der Waals surface area (Å²) in [7, 11) is 0. The van der Waals surface area contributed by atoms with Crippen LogP contribution in [0.4, 0.5) is 0 Å². The van der Waals surface area contributed by atoms with Gasteiger partial charge >= 0.3 is 5.97 Å². The van der Waals surface area contributed by atoms with Crippen molar-refractivity contribution in [3.8, 4) is 0 Å². The molecular formula is C7H9BrN2O2. The van der Waals surface area contributed by atoms with Crippen LogP contribution in [0.15, 0.2) is 4.47 Å². The van der Waals surface area contributed by atoms with Crippen LogP contribution in [0.3, 0.4) is 0 Å². The zero-order chi connectivity index (χ0) is 9.30. The van der Waals surface area contributed by atoms with Crippen molar-refractivity contribution < 1.29 is 9.90 Å². The lowest BCUT2D eigenvalue weighted by atomic mass is 10.4. The number of carbonyl (C=O) groups is 1. The number of hydrogen-bond acceptors (Lipinski definition) is 2. The molecule has 1 heterocycles. The molecule has 0 aliphatic carbocycles. The lowest BCUT2D eigenvalue weighted by Crippen LogP contribution is -2.08. The fourth-order valence-corrected chi connectivity index (χ4v) is 1.45. The van der Waals surface area contributed by atoms with E-state index in [-0.39, 0.29) is 5.69 Å². The maximum absolute atomic E-state index is 10.7. The van der Waals surface area contributed by atoms with Crippen LogP contribution in [0, 0.1) is 6.92 Å². The van der Waals surface area contributed by atoms with Crippen molar-refractivity contribution >= 4 is 21.9 Å². The van der Waals surface area contributed by atoms with Gasteiger partial charge in [-0.2, -0.15) is 5.10 Å². The van der Waals surface area contributed by atoms with Crippen molar-refractivity contribution in [1.29, 1.82) is 0 Å². The highest BCUT2D eigenvalue weighted by Gasteiger charge is 2.17. The summed E-state index contributed by atoms with van der Waals surface area (Å²) in [6, 6.07) is 0. The van der Waals surface area contributed by atoms with Gasteiger partial charge in [-0.1, -0.05) is 0 Å². The van der Waals surface area contributed by atoms with E-state index in [4.69, 9.17) is 5.11 Å². The Morgan fingerprint density at radius 3 is 2.67 bits per heavy atom. The molecule has 0 atom stereocenters. The van der Waals surface area contributed by atoms with Gasteiger partial charge in [0, 0.05) is 6.54 Å². The van der Waals surface area contributed by atoms with Gasteiger partial charge in [0.1, 0.15) is 0 Å². The SMILES string of the molecule is CCn1nc(C)c(Br)c1C(=O)O. The molecule has 12 heavy (non-hydrogen) atoms.